The number of rotatable bonds is 5. The van der Waals surface area contributed by atoms with Gasteiger partial charge in [-0.1, -0.05) is 20.8 Å². The Morgan fingerprint density at radius 1 is 1.38 bits per heavy atom. The number of halogens is 1. The molecule has 1 aromatic heterocycles. The lowest BCUT2D eigenvalue weighted by Crippen LogP contribution is -2.30. The molecule has 0 spiro atoms. The van der Waals surface area contributed by atoms with Crippen molar-refractivity contribution in [3.63, 3.8) is 0 Å². The van der Waals surface area contributed by atoms with Crippen LogP contribution in [0.2, 0.25) is 0 Å². The Morgan fingerprint density at radius 2 is 2.00 bits per heavy atom. The van der Waals surface area contributed by atoms with Crippen LogP contribution in [0.1, 0.15) is 27.2 Å². The zero-order valence-corrected chi connectivity index (χ0v) is 15.0. The van der Waals surface area contributed by atoms with E-state index in [1.807, 2.05) is 6.92 Å². The third-order valence-electron chi connectivity index (χ3n) is 3.93. The van der Waals surface area contributed by atoms with Crippen molar-refractivity contribution in [1.82, 2.24) is 9.29 Å². The van der Waals surface area contributed by atoms with Crippen LogP contribution in [0.5, 0.6) is 0 Å². The van der Waals surface area contributed by atoms with E-state index in [-0.39, 0.29) is 4.90 Å². The summed E-state index contributed by atoms with van der Waals surface area (Å²) in [6.07, 6.45) is 2.53. The van der Waals surface area contributed by atoms with Crippen LogP contribution in [-0.4, -0.2) is 37.3 Å². The summed E-state index contributed by atoms with van der Waals surface area (Å²) in [5.74, 6) is 1.20. The summed E-state index contributed by atoms with van der Waals surface area (Å²) in [6.45, 7) is 8.06. The second-order valence-corrected chi connectivity index (χ2v) is 8.53. The highest BCUT2D eigenvalue weighted by Gasteiger charge is 2.36. The molecule has 1 aromatic rings. The van der Waals surface area contributed by atoms with Gasteiger partial charge in [-0.15, -0.1) is 0 Å². The first-order valence-corrected chi connectivity index (χ1v) is 9.49. The molecule has 21 heavy (non-hydrogen) atoms. The van der Waals surface area contributed by atoms with Crippen molar-refractivity contribution in [2.45, 2.75) is 32.1 Å². The topological polar surface area (TPSA) is 62.3 Å². The van der Waals surface area contributed by atoms with Gasteiger partial charge in [0.2, 0.25) is 10.0 Å². The molecule has 2 heterocycles. The standard InChI is InChI=1S/C14H22BrN3O2S/c1-4-5-16-14-13(6-12(15)7-17-14)21(19,20)18-8-10(2)11(3)9-18/h6-7,10-11H,4-5,8-9H2,1-3H3,(H,16,17). The number of hydrogen-bond acceptors (Lipinski definition) is 4. The van der Waals surface area contributed by atoms with Gasteiger partial charge in [0.05, 0.1) is 0 Å². The molecule has 0 amide bonds. The molecule has 0 saturated carbocycles. The van der Waals surface area contributed by atoms with E-state index < -0.39 is 10.0 Å². The summed E-state index contributed by atoms with van der Waals surface area (Å²) in [6, 6.07) is 1.63. The second-order valence-electron chi connectivity index (χ2n) is 5.70. The third kappa shape index (κ3) is 3.57. The van der Waals surface area contributed by atoms with Gasteiger partial charge in [-0.2, -0.15) is 4.31 Å². The van der Waals surface area contributed by atoms with Crippen molar-refractivity contribution in [1.29, 1.82) is 0 Å². The second kappa shape index (κ2) is 6.62. The van der Waals surface area contributed by atoms with Crippen LogP contribution < -0.4 is 5.32 Å². The number of nitrogens with one attached hydrogen (secondary N) is 1. The van der Waals surface area contributed by atoms with Crippen molar-refractivity contribution in [3.05, 3.63) is 16.7 Å². The molecule has 7 heteroatoms. The summed E-state index contributed by atoms with van der Waals surface area (Å²) in [7, 11) is -3.51. The van der Waals surface area contributed by atoms with Gasteiger partial charge in [0, 0.05) is 30.3 Å². The Bertz CT molecular complexity index is 596. The van der Waals surface area contributed by atoms with Crippen molar-refractivity contribution >= 4 is 31.8 Å². The highest BCUT2D eigenvalue weighted by molar-refractivity contribution is 9.10. The Morgan fingerprint density at radius 3 is 2.57 bits per heavy atom. The minimum atomic E-state index is -3.51. The average molecular weight is 376 g/mol. The molecule has 1 aliphatic heterocycles. The van der Waals surface area contributed by atoms with Crippen molar-refractivity contribution in [2.24, 2.45) is 11.8 Å². The maximum absolute atomic E-state index is 12.9. The lowest BCUT2D eigenvalue weighted by molar-refractivity contribution is 0.463. The highest BCUT2D eigenvalue weighted by atomic mass is 79.9. The summed E-state index contributed by atoms with van der Waals surface area (Å²) in [4.78, 5) is 4.48. The van der Waals surface area contributed by atoms with Gasteiger partial charge in [0.15, 0.2) is 0 Å². The van der Waals surface area contributed by atoms with Gasteiger partial charge in [0.1, 0.15) is 10.7 Å². The van der Waals surface area contributed by atoms with Crippen LogP contribution in [0.15, 0.2) is 21.6 Å². The van der Waals surface area contributed by atoms with Crippen molar-refractivity contribution in [3.8, 4) is 0 Å². The fourth-order valence-electron chi connectivity index (χ4n) is 2.41. The van der Waals surface area contributed by atoms with E-state index in [1.165, 1.54) is 0 Å². The molecule has 0 aliphatic carbocycles. The lowest BCUT2D eigenvalue weighted by atomic mass is 10.0. The molecule has 118 valence electrons. The molecule has 0 aromatic carbocycles. The fraction of sp³-hybridized carbons (Fsp3) is 0.643. The third-order valence-corrected chi connectivity index (χ3v) is 6.21. The van der Waals surface area contributed by atoms with Crippen LogP contribution in [0.4, 0.5) is 5.82 Å². The molecule has 2 unspecified atom stereocenters. The largest absolute Gasteiger partial charge is 0.369 e. The van der Waals surface area contributed by atoms with Crippen molar-refractivity contribution in [2.75, 3.05) is 25.0 Å². The van der Waals surface area contributed by atoms with E-state index >= 15 is 0 Å². The first-order valence-electron chi connectivity index (χ1n) is 7.25. The first-order chi connectivity index (χ1) is 9.86. The van der Waals surface area contributed by atoms with E-state index in [0.29, 0.717) is 41.8 Å². The molecule has 1 aliphatic rings. The SMILES string of the molecule is CCCNc1ncc(Br)cc1S(=O)(=O)N1CC(C)C(C)C1. The first kappa shape index (κ1) is 16.7. The van der Waals surface area contributed by atoms with E-state index in [1.54, 1.807) is 16.6 Å². The Balaban J connectivity index is 2.37. The van der Waals surface area contributed by atoms with Crippen molar-refractivity contribution < 1.29 is 8.42 Å². The molecule has 5 nitrogen and oxygen atoms in total. The Kier molecular flexibility index (Phi) is 5.27. The van der Waals surface area contributed by atoms with Crippen LogP contribution in [-0.2, 0) is 10.0 Å². The number of anilines is 1. The van der Waals surface area contributed by atoms with Gasteiger partial charge in [-0.25, -0.2) is 13.4 Å². The maximum Gasteiger partial charge on any atom is 0.246 e. The van der Waals surface area contributed by atoms with Gasteiger partial charge in [0.25, 0.3) is 0 Å². The van der Waals surface area contributed by atoms with E-state index in [9.17, 15) is 8.42 Å². The zero-order chi connectivity index (χ0) is 15.6. The molecular weight excluding hydrogens is 354 g/mol. The Labute approximate surface area is 135 Å². The predicted octanol–water partition coefficient (Wildman–Crippen LogP) is 2.94. The summed E-state index contributed by atoms with van der Waals surface area (Å²) >= 11 is 3.32. The molecule has 0 bridgehead atoms. The van der Waals surface area contributed by atoms with Gasteiger partial charge >= 0.3 is 0 Å². The molecule has 0 radical (unpaired) electrons. The molecule has 2 rings (SSSR count). The van der Waals surface area contributed by atoms with Gasteiger partial charge < -0.3 is 5.32 Å². The quantitative estimate of drug-likeness (QED) is 0.858. The molecular formula is C14H22BrN3O2S. The number of pyridine rings is 1. The molecule has 1 fully saturated rings. The fourth-order valence-corrected chi connectivity index (χ4v) is 4.67. The smallest absolute Gasteiger partial charge is 0.246 e. The molecule has 1 N–H and O–H groups in total. The summed E-state index contributed by atoms with van der Waals surface area (Å²) in [5, 5.41) is 3.10. The minimum absolute atomic E-state index is 0.256. The van der Waals surface area contributed by atoms with Crippen LogP contribution >= 0.6 is 15.9 Å². The van der Waals surface area contributed by atoms with E-state index in [4.69, 9.17) is 0 Å². The predicted molar refractivity (Wildman–Crippen MR) is 87.8 cm³/mol. The van der Waals surface area contributed by atoms with E-state index in [2.05, 4.69) is 40.1 Å². The Hall–Kier alpha value is -0.660. The van der Waals surface area contributed by atoms with Crippen LogP contribution in [0.25, 0.3) is 0 Å². The number of sulfonamides is 1. The van der Waals surface area contributed by atoms with Crippen LogP contribution in [0, 0.1) is 11.8 Å². The monoisotopic (exact) mass is 375 g/mol. The number of nitrogens with zero attached hydrogens (tertiary/aromatic N) is 2. The van der Waals surface area contributed by atoms with E-state index in [0.717, 1.165) is 6.42 Å². The summed E-state index contributed by atoms with van der Waals surface area (Å²) in [5.41, 5.74) is 0. The number of aromatic nitrogens is 1. The average Bonchev–Trinajstić information content (AvgIpc) is 2.78. The minimum Gasteiger partial charge on any atom is -0.369 e. The van der Waals surface area contributed by atoms with Crippen LogP contribution in [0.3, 0.4) is 0 Å². The maximum atomic E-state index is 12.9. The highest BCUT2D eigenvalue weighted by Crippen LogP contribution is 2.31. The molecule has 2 atom stereocenters. The normalized spacial score (nSPS) is 23.4. The lowest BCUT2D eigenvalue weighted by Gasteiger charge is -2.19. The molecule has 1 saturated heterocycles. The van der Waals surface area contributed by atoms with Gasteiger partial charge in [-0.05, 0) is 40.3 Å². The van der Waals surface area contributed by atoms with Gasteiger partial charge in [-0.3, -0.25) is 0 Å². The number of hydrogen-bond donors (Lipinski definition) is 1. The summed E-state index contributed by atoms with van der Waals surface area (Å²) < 4.78 is 28.0. The zero-order valence-electron chi connectivity index (χ0n) is 12.6.